The van der Waals surface area contributed by atoms with Gasteiger partial charge in [-0.25, -0.2) is 0 Å². The molecule has 0 bridgehead atoms. The van der Waals surface area contributed by atoms with Crippen molar-refractivity contribution in [2.24, 2.45) is 0 Å². The van der Waals surface area contributed by atoms with Gasteiger partial charge in [0.1, 0.15) is 19.0 Å². The second-order valence-electron chi connectivity index (χ2n) is 7.95. The Balaban J connectivity index is 1.98. The van der Waals surface area contributed by atoms with E-state index in [2.05, 4.69) is 85.2 Å². The minimum Gasteiger partial charge on any atom is -0.486 e. The van der Waals surface area contributed by atoms with Gasteiger partial charge >= 0.3 is 0 Å². The molecule has 0 heterocycles. The van der Waals surface area contributed by atoms with Crippen LogP contribution in [0.15, 0.2) is 109 Å². The normalized spacial score (nSPS) is 13.7. The zero-order valence-electron chi connectivity index (χ0n) is 19.3. The molecule has 0 saturated heterocycles. The van der Waals surface area contributed by atoms with Crippen molar-refractivity contribution in [3.63, 3.8) is 0 Å². The summed E-state index contributed by atoms with van der Waals surface area (Å²) in [6.07, 6.45) is 16.6. The molecule has 2 nitrogen and oxygen atoms in total. The van der Waals surface area contributed by atoms with Crippen molar-refractivity contribution >= 4 is 0 Å². The summed E-state index contributed by atoms with van der Waals surface area (Å²) in [5.74, 6) is 6.50. The van der Waals surface area contributed by atoms with Crippen molar-refractivity contribution in [3.8, 4) is 41.6 Å². The topological polar surface area (TPSA) is 18.5 Å². The average molecular weight is 443 g/mol. The summed E-state index contributed by atoms with van der Waals surface area (Å²) < 4.78 is 11.2. The Kier molecular flexibility index (Phi) is 6.72. The lowest BCUT2D eigenvalue weighted by Crippen LogP contribution is -2.29. The van der Waals surface area contributed by atoms with Gasteiger partial charge in [-0.3, -0.25) is 0 Å². The van der Waals surface area contributed by atoms with E-state index >= 15 is 0 Å². The van der Waals surface area contributed by atoms with Gasteiger partial charge in [-0.05, 0) is 58.5 Å². The molecule has 0 atom stereocenters. The molecule has 0 unspecified atom stereocenters. The summed E-state index contributed by atoms with van der Waals surface area (Å²) in [5.41, 5.74) is 6.42. The van der Waals surface area contributed by atoms with E-state index < -0.39 is 5.41 Å². The molecule has 2 heteroatoms. The highest BCUT2D eigenvalue weighted by molar-refractivity contribution is 5.86. The van der Waals surface area contributed by atoms with E-state index in [1.165, 1.54) is 22.3 Å². The molecule has 1 aliphatic carbocycles. The van der Waals surface area contributed by atoms with Gasteiger partial charge in [-0.15, -0.1) is 12.8 Å². The van der Waals surface area contributed by atoms with Crippen LogP contribution < -0.4 is 4.74 Å². The lowest BCUT2D eigenvalue weighted by Gasteiger charge is -2.34. The monoisotopic (exact) mass is 442 g/mol. The standard InChI is InChI=1S/C32H26O2/c1-5-22-33-24(4)16-17-25(7-3)32(26-18-20-27(21-19-26)34-23-6-2)30-14-10-8-12-28(30)29-13-9-11-15-31(29)32/h1-2,7-21H,3,22-23H2,4H3/b24-16+,25-17+. The van der Waals surface area contributed by atoms with Crippen molar-refractivity contribution < 1.29 is 9.47 Å². The molecule has 0 spiro atoms. The van der Waals surface area contributed by atoms with E-state index in [-0.39, 0.29) is 13.2 Å². The predicted molar refractivity (Wildman–Crippen MR) is 139 cm³/mol. The first kappa shape index (κ1) is 22.8. The van der Waals surface area contributed by atoms with Gasteiger partial charge in [0.15, 0.2) is 0 Å². The third-order valence-corrected chi connectivity index (χ3v) is 6.10. The number of benzene rings is 3. The summed E-state index contributed by atoms with van der Waals surface area (Å²) in [6.45, 7) is 6.56. The van der Waals surface area contributed by atoms with Gasteiger partial charge in [0, 0.05) is 0 Å². The predicted octanol–water partition coefficient (Wildman–Crippen LogP) is 6.68. The second-order valence-corrected chi connectivity index (χ2v) is 7.95. The SMILES string of the molecule is C#CCO/C(C)=C/C=C(\C=C)C1(c2ccc(OCC#C)cc2)c2ccccc2-c2ccccc21. The van der Waals surface area contributed by atoms with E-state index in [1.54, 1.807) is 0 Å². The minimum atomic E-state index is -0.553. The number of hydrogen-bond donors (Lipinski definition) is 0. The van der Waals surface area contributed by atoms with Crippen LogP contribution in [0.25, 0.3) is 11.1 Å². The second kappa shape index (κ2) is 10.0. The van der Waals surface area contributed by atoms with Gasteiger partial charge in [0.2, 0.25) is 0 Å². The number of fused-ring (bicyclic) bond motifs is 3. The van der Waals surface area contributed by atoms with Crippen molar-refractivity contribution in [2.75, 3.05) is 13.2 Å². The smallest absolute Gasteiger partial charge is 0.148 e. The maximum atomic E-state index is 5.63. The molecule has 0 N–H and O–H groups in total. The molecular formula is C32H26O2. The van der Waals surface area contributed by atoms with Crippen LogP contribution in [-0.2, 0) is 10.2 Å². The highest BCUT2D eigenvalue weighted by atomic mass is 16.5. The number of ether oxygens (including phenoxy) is 2. The van der Waals surface area contributed by atoms with Crippen LogP contribution >= 0.6 is 0 Å². The molecule has 4 rings (SSSR count). The van der Waals surface area contributed by atoms with Crippen LogP contribution in [0.2, 0.25) is 0 Å². The zero-order valence-corrected chi connectivity index (χ0v) is 19.3. The van der Waals surface area contributed by atoms with Gasteiger partial charge in [0.05, 0.1) is 11.2 Å². The first-order valence-corrected chi connectivity index (χ1v) is 11.1. The Labute approximate surface area is 202 Å². The maximum absolute atomic E-state index is 5.63. The van der Waals surface area contributed by atoms with Gasteiger partial charge in [0.25, 0.3) is 0 Å². The van der Waals surface area contributed by atoms with Crippen molar-refractivity contribution in [3.05, 3.63) is 126 Å². The largest absolute Gasteiger partial charge is 0.486 e. The van der Waals surface area contributed by atoms with Crippen molar-refractivity contribution in [1.82, 2.24) is 0 Å². The summed E-state index contributed by atoms with van der Waals surface area (Å²) >= 11 is 0. The Morgan fingerprint density at radius 1 is 0.853 bits per heavy atom. The number of allylic oxidation sites excluding steroid dienone is 5. The van der Waals surface area contributed by atoms with Crippen LogP contribution in [0.4, 0.5) is 0 Å². The van der Waals surface area contributed by atoms with Crippen LogP contribution in [0.1, 0.15) is 23.6 Å². The van der Waals surface area contributed by atoms with E-state index in [0.29, 0.717) is 0 Å². The first-order chi connectivity index (χ1) is 16.7. The molecule has 3 aromatic rings. The fourth-order valence-corrected chi connectivity index (χ4v) is 4.71. The highest BCUT2D eigenvalue weighted by Crippen LogP contribution is 2.56. The quantitative estimate of drug-likeness (QED) is 0.220. The van der Waals surface area contributed by atoms with Crippen LogP contribution in [0.5, 0.6) is 5.75 Å². The Bertz CT molecular complexity index is 1300. The van der Waals surface area contributed by atoms with Gasteiger partial charge < -0.3 is 9.47 Å². The lowest BCUT2D eigenvalue weighted by molar-refractivity contribution is 0.256. The Morgan fingerprint density at radius 2 is 1.44 bits per heavy atom. The van der Waals surface area contributed by atoms with E-state index in [0.717, 1.165) is 22.6 Å². The molecule has 1 aliphatic rings. The summed E-state index contributed by atoms with van der Waals surface area (Å²) in [7, 11) is 0. The lowest BCUT2D eigenvalue weighted by atomic mass is 9.67. The summed E-state index contributed by atoms with van der Waals surface area (Å²) in [4.78, 5) is 0. The van der Waals surface area contributed by atoms with Crippen LogP contribution in [-0.4, -0.2) is 13.2 Å². The maximum Gasteiger partial charge on any atom is 0.148 e. The van der Waals surface area contributed by atoms with E-state index in [9.17, 15) is 0 Å². The van der Waals surface area contributed by atoms with E-state index in [4.69, 9.17) is 22.3 Å². The Hall–Kier alpha value is -4.40. The Morgan fingerprint density at radius 3 is 2.00 bits per heavy atom. The average Bonchev–Trinajstić information content (AvgIpc) is 3.18. The molecule has 0 radical (unpaired) electrons. The molecule has 166 valence electrons. The number of terminal acetylenes is 2. The van der Waals surface area contributed by atoms with Crippen LogP contribution in [0, 0.1) is 24.7 Å². The molecule has 34 heavy (non-hydrogen) atoms. The number of hydrogen-bond acceptors (Lipinski definition) is 2. The highest BCUT2D eigenvalue weighted by Gasteiger charge is 2.46. The fourth-order valence-electron chi connectivity index (χ4n) is 4.71. The van der Waals surface area contributed by atoms with Crippen molar-refractivity contribution in [2.45, 2.75) is 12.3 Å². The van der Waals surface area contributed by atoms with Crippen LogP contribution in [0.3, 0.4) is 0 Å². The number of rotatable bonds is 8. The molecule has 0 saturated carbocycles. The summed E-state index contributed by atoms with van der Waals surface area (Å²) in [5, 5.41) is 0. The molecular weight excluding hydrogens is 416 g/mol. The fraction of sp³-hybridized carbons (Fsp3) is 0.125. The minimum absolute atomic E-state index is 0.232. The van der Waals surface area contributed by atoms with Crippen molar-refractivity contribution in [1.29, 1.82) is 0 Å². The molecule has 0 amide bonds. The van der Waals surface area contributed by atoms with Gasteiger partial charge in [-0.2, -0.15) is 0 Å². The molecule has 0 fully saturated rings. The third kappa shape index (κ3) is 3.92. The summed E-state index contributed by atoms with van der Waals surface area (Å²) in [6, 6.07) is 25.2. The van der Waals surface area contributed by atoms with E-state index in [1.807, 2.05) is 31.2 Å². The molecule has 0 aromatic heterocycles. The van der Waals surface area contributed by atoms with Gasteiger partial charge in [-0.1, -0.05) is 91.2 Å². The zero-order chi connectivity index (χ0) is 24.0. The first-order valence-electron chi connectivity index (χ1n) is 11.1. The molecule has 0 aliphatic heterocycles. The molecule has 3 aromatic carbocycles. The third-order valence-electron chi connectivity index (χ3n) is 6.10.